The molecule has 0 fully saturated rings. The quantitative estimate of drug-likeness (QED) is 0.170. The molecule has 2 heterocycles. The highest BCUT2D eigenvalue weighted by Crippen LogP contribution is 2.43. The van der Waals surface area contributed by atoms with Crippen LogP contribution >= 0.6 is 11.3 Å². The van der Waals surface area contributed by atoms with Crippen LogP contribution < -0.4 is 4.90 Å². The first-order valence-corrected chi connectivity index (χ1v) is 19.5. The van der Waals surface area contributed by atoms with Gasteiger partial charge in [0.25, 0.3) is 0 Å². The minimum absolute atomic E-state index is 0.895. The number of furan rings is 1. The van der Waals surface area contributed by atoms with E-state index in [-0.39, 0.29) is 0 Å². The zero-order chi connectivity index (χ0) is 36.3. The summed E-state index contributed by atoms with van der Waals surface area (Å²) in [5.41, 5.74) is 12.1. The van der Waals surface area contributed by atoms with Gasteiger partial charge in [0, 0.05) is 48.0 Å². The third-order valence-corrected chi connectivity index (χ3v) is 12.0. The molecule has 9 aromatic carbocycles. The summed E-state index contributed by atoms with van der Waals surface area (Å²) in [7, 11) is 0. The number of hydrogen-bond donors (Lipinski definition) is 0. The van der Waals surface area contributed by atoms with Crippen LogP contribution in [0.1, 0.15) is 0 Å². The molecule has 3 heteroatoms. The van der Waals surface area contributed by atoms with Crippen molar-refractivity contribution in [2.75, 3.05) is 4.90 Å². The monoisotopic (exact) mass is 719 g/mol. The molecule has 0 saturated carbocycles. The van der Waals surface area contributed by atoms with Gasteiger partial charge in [0.05, 0.1) is 0 Å². The van der Waals surface area contributed by atoms with Gasteiger partial charge in [0.1, 0.15) is 11.2 Å². The first kappa shape index (κ1) is 31.6. The van der Waals surface area contributed by atoms with Crippen LogP contribution in [0.2, 0.25) is 0 Å². The average Bonchev–Trinajstić information content (AvgIpc) is 3.82. The minimum atomic E-state index is 0.895. The van der Waals surface area contributed by atoms with Crippen molar-refractivity contribution in [3.05, 3.63) is 200 Å². The van der Waals surface area contributed by atoms with E-state index in [0.29, 0.717) is 0 Å². The van der Waals surface area contributed by atoms with Crippen LogP contribution in [-0.4, -0.2) is 0 Å². The Balaban J connectivity index is 1.09. The van der Waals surface area contributed by atoms with E-state index in [1.807, 2.05) is 23.5 Å². The highest BCUT2D eigenvalue weighted by molar-refractivity contribution is 7.25. The lowest BCUT2D eigenvalue weighted by atomic mass is 9.97. The van der Waals surface area contributed by atoms with E-state index in [4.69, 9.17) is 4.42 Å². The molecule has 11 rings (SSSR count). The normalized spacial score (nSPS) is 11.6. The van der Waals surface area contributed by atoms with Crippen molar-refractivity contribution < 1.29 is 4.42 Å². The van der Waals surface area contributed by atoms with E-state index in [2.05, 4.69) is 193 Å². The van der Waals surface area contributed by atoms with E-state index in [1.165, 1.54) is 53.2 Å². The maximum absolute atomic E-state index is 6.31. The van der Waals surface area contributed by atoms with Gasteiger partial charge in [-0.25, -0.2) is 0 Å². The summed E-state index contributed by atoms with van der Waals surface area (Å²) in [6, 6.07) is 72.3. The number of rotatable bonds is 6. The third kappa shape index (κ3) is 5.40. The molecule has 258 valence electrons. The highest BCUT2D eigenvalue weighted by Gasteiger charge is 2.18. The molecule has 0 atom stereocenters. The van der Waals surface area contributed by atoms with E-state index in [1.54, 1.807) is 0 Å². The lowest BCUT2D eigenvalue weighted by Crippen LogP contribution is -2.10. The predicted molar refractivity (Wildman–Crippen MR) is 235 cm³/mol. The van der Waals surface area contributed by atoms with Gasteiger partial charge >= 0.3 is 0 Å². The number of nitrogens with zero attached hydrogens (tertiary/aromatic N) is 1. The van der Waals surface area contributed by atoms with Crippen molar-refractivity contribution in [2.45, 2.75) is 0 Å². The van der Waals surface area contributed by atoms with Gasteiger partial charge in [-0.2, -0.15) is 0 Å². The smallest absolute Gasteiger partial charge is 0.136 e. The van der Waals surface area contributed by atoms with Crippen LogP contribution in [0.3, 0.4) is 0 Å². The fourth-order valence-electron chi connectivity index (χ4n) is 8.29. The zero-order valence-corrected chi connectivity index (χ0v) is 30.6. The number of anilines is 3. The molecule has 0 aliphatic rings. The topological polar surface area (TPSA) is 16.4 Å². The van der Waals surface area contributed by atoms with Crippen LogP contribution in [0.25, 0.3) is 86.3 Å². The second-order valence-electron chi connectivity index (χ2n) is 14.1. The van der Waals surface area contributed by atoms with Crippen LogP contribution in [0.15, 0.2) is 205 Å². The van der Waals surface area contributed by atoms with Crippen molar-refractivity contribution in [1.29, 1.82) is 0 Å². The molecule has 2 aromatic heterocycles. The molecule has 0 bridgehead atoms. The Kier molecular flexibility index (Phi) is 7.39. The Labute approximate surface area is 322 Å². The summed E-state index contributed by atoms with van der Waals surface area (Å²) in [6.07, 6.45) is 0. The molecule has 0 saturated heterocycles. The Hall–Kier alpha value is -6.94. The van der Waals surface area contributed by atoms with Crippen molar-refractivity contribution in [3.8, 4) is 33.4 Å². The Bertz CT molecular complexity index is 3240. The maximum Gasteiger partial charge on any atom is 0.136 e. The maximum atomic E-state index is 6.31. The minimum Gasteiger partial charge on any atom is -0.456 e. The summed E-state index contributed by atoms with van der Waals surface area (Å²) in [5, 5.41) is 7.37. The average molecular weight is 720 g/mol. The van der Waals surface area contributed by atoms with Crippen molar-refractivity contribution in [1.82, 2.24) is 0 Å². The fraction of sp³-hybridized carbons (Fsp3) is 0. The summed E-state index contributed by atoms with van der Waals surface area (Å²) in [4.78, 5) is 2.40. The van der Waals surface area contributed by atoms with E-state index in [0.717, 1.165) is 50.1 Å². The summed E-state index contributed by atoms with van der Waals surface area (Å²) in [6.45, 7) is 0. The van der Waals surface area contributed by atoms with Gasteiger partial charge in [0.15, 0.2) is 0 Å². The summed E-state index contributed by atoms with van der Waals surface area (Å²) in [5.74, 6) is 0. The van der Waals surface area contributed by atoms with Crippen LogP contribution in [0.5, 0.6) is 0 Å². The predicted octanol–water partition coefficient (Wildman–Crippen LogP) is 15.6. The lowest BCUT2D eigenvalue weighted by molar-refractivity contribution is 0.669. The van der Waals surface area contributed by atoms with E-state index < -0.39 is 0 Å². The molecule has 0 aliphatic heterocycles. The largest absolute Gasteiger partial charge is 0.456 e. The van der Waals surface area contributed by atoms with E-state index in [9.17, 15) is 0 Å². The van der Waals surface area contributed by atoms with Crippen molar-refractivity contribution in [2.24, 2.45) is 0 Å². The van der Waals surface area contributed by atoms with Gasteiger partial charge in [-0.3, -0.25) is 0 Å². The van der Waals surface area contributed by atoms with Crippen LogP contribution in [0.4, 0.5) is 17.1 Å². The summed E-state index contributed by atoms with van der Waals surface area (Å²) >= 11 is 1.86. The van der Waals surface area contributed by atoms with Gasteiger partial charge in [-0.15, -0.1) is 11.3 Å². The molecule has 55 heavy (non-hydrogen) atoms. The van der Waals surface area contributed by atoms with Crippen molar-refractivity contribution >= 4 is 81.3 Å². The molecule has 0 unspecified atom stereocenters. The van der Waals surface area contributed by atoms with Gasteiger partial charge in [-0.05, 0) is 105 Å². The molecule has 0 radical (unpaired) electrons. The molecule has 0 amide bonds. The number of fused-ring (bicyclic) bond motifs is 7. The Morgan fingerprint density at radius 2 is 0.891 bits per heavy atom. The Morgan fingerprint density at radius 3 is 1.71 bits per heavy atom. The second-order valence-corrected chi connectivity index (χ2v) is 15.2. The van der Waals surface area contributed by atoms with Gasteiger partial charge < -0.3 is 9.32 Å². The number of benzene rings is 9. The first-order valence-electron chi connectivity index (χ1n) is 18.7. The number of para-hydroxylation sites is 1. The van der Waals surface area contributed by atoms with Crippen LogP contribution in [0, 0.1) is 0 Å². The summed E-state index contributed by atoms with van der Waals surface area (Å²) < 4.78 is 8.93. The van der Waals surface area contributed by atoms with Crippen LogP contribution in [-0.2, 0) is 0 Å². The standard InChI is InChI=1S/C52H33NOS/c1-2-20-42-34(12-1)13-10-23-43(42)37-15-8-18-40(31-37)53(39-17-7-14-35(30-39)36-28-29-46-45-21-4-6-27-50(45)55-51(46)33-36)41-19-9-16-38(32-41)44-24-11-26-49-52(44)47-22-3-5-25-48(47)54-49/h1-33H. The lowest BCUT2D eigenvalue weighted by Gasteiger charge is -2.27. The zero-order valence-electron chi connectivity index (χ0n) is 29.8. The van der Waals surface area contributed by atoms with Gasteiger partial charge in [0.2, 0.25) is 0 Å². The third-order valence-electron chi connectivity index (χ3n) is 10.8. The molecular formula is C52H33NOS. The molecule has 0 spiro atoms. The second kappa shape index (κ2) is 12.9. The number of hydrogen-bond acceptors (Lipinski definition) is 3. The molecule has 0 N–H and O–H groups in total. The van der Waals surface area contributed by atoms with Crippen molar-refractivity contribution in [3.63, 3.8) is 0 Å². The molecular weight excluding hydrogens is 687 g/mol. The SMILES string of the molecule is c1cc(-c2ccc3c(c2)sc2ccccc23)cc(N(c2cccc(-c3cccc4ccccc34)c2)c2cccc(-c3cccc4oc5ccccc5c34)c2)c1. The highest BCUT2D eigenvalue weighted by atomic mass is 32.1. The molecule has 0 aliphatic carbocycles. The van der Waals surface area contributed by atoms with Gasteiger partial charge in [-0.1, -0.05) is 140 Å². The first-order chi connectivity index (χ1) is 27.2. The molecule has 2 nitrogen and oxygen atoms in total. The Morgan fingerprint density at radius 1 is 0.345 bits per heavy atom. The number of thiophene rings is 1. The van der Waals surface area contributed by atoms with E-state index >= 15 is 0 Å². The molecule has 11 aromatic rings. The fourth-order valence-corrected chi connectivity index (χ4v) is 9.44.